The Hall–Kier alpha value is -0.890. The molecule has 1 aromatic rings. The fourth-order valence-electron chi connectivity index (χ4n) is 1.70. The van der Waals surface area contributed by atoms with Crippen LogP contribution >= 0.6 is 11.6 Å². The number of carbonyl (C=O) groups is 1. The number of Topliss-reactive ketones (excluding diaryl/α,β-unsaturated/α-hetero) is 1. The zero-order valence-corrected chi connectivity index (χ0v) is 9.17. The van der Waals surface area contributed by atoms with Crippen molar-refractivity contribution in [3.05, 3.63) is 35.6 Å². The molecule has 0 saturated heterocycles. The summed E-state index contributed by atoms with van der Waals surface area (Å²) in [4.78, 5) is 11.8. The van der Waals surface area contributed by atoms with E-state index in [0.29, 0.717) is 11.5 Å². The molecular formula is C12H12ClFO. The van der Waals surface area contributed by atoms with Crippen molar-refractivity contribution in [2.24, 2.45) is 11.8 Å². The number of halogens is 2. The van der Waals surface area contributed by atoms with Crippen LogP contribution in [-0.2, 0) is 4.79 Å². The van der Waals surface area contributed by atoms with E-state index in [2.05, 4.69) is 0 Å². The Kier molecular flexibility index (Phi) is 2.79. The molecule has 1 aromatic carbocycles. The first-order chi connectivity index (χ1) is 7.09. The second-order valence-corrected chi connectivity index (χ2v) is 4.57. The van der Waals surface area contributed by atoms with E-state index >= 15 is 0 Å². The molecule has 1 aliphatic carbocycles. The van der Waals surface area contributed by atoms with E-state index in [1.165, 1.54) is 12.1 Å². The summed E-state index contributed by atoms with van der Waals surface area (Å²) in [7, 11) is 0. The molecule has 15 heavy (non-hydrogen) atoms. The molecule has 1 aliphatic rings. The Morgan fingerprint density at radius 2 is 2.00 bits per heavy atom. The first kappa shape index (κ1) is 10.6. The van der Waals surface area contributed by atoms with Crippen molar-refractivity contribution in [2.45, 2.75) is 18.7 Å². The van der Waals surface area contributed by atoms with Crippen molar-refractivity contribution in [1.82, 2.24) is 0 Å². The maximum absolute atomic E-state index is 12.7. The van der Waals surface area contributed by atoms with E-state index in [9.17, 15) is 9.18 Å². The quantitative estimate of drug-likeness (QED) is 0.723. The van der Waals surface area contributed by atoms with Crippen LogP contribution in [0.5, 0.6) is 0 Å². The minimum atomic E-state index is -0.624. The maximum atomic E-state index is 12.7. The molecule has 3 atom stereocenters. The van der Waals surface area contributed by atoms with Crippen molar-refractivity contribution in [3.63, 3.8) is 0 Å². The molecule has 0 aliphatic heterocycles. The second kappa shape index (κ2) is 3.93. The summed E-state index contributed by atoms with van der Waals surface area (Å²) in [6.45, 7) is 2.04. The summed E-state index contributed by atoms with van der Waals surface area (Å²) in [6, 6.07) is 5.79. The summed E-state index contributed by atoms with van der Waals surface area (Å²) < 4.78 is 12.7. The largest absolute Gasteiger partial charge is 0.297 e. The minimum Gasteiger partial charge on any atom is -0.297 e. The average Bonchev–Trinajstić information content (AvgIpc) is 2.94. The van der Waals surface area contributed by atoms with Gasteiger partial charge in [-0.3, -0.25) is 4.79 Å². The van der Waals surface area contributed by atoms with E-state index in [1.807, 2.05) is 6.92 Å². The molecule has 3 heteroatoms. The van der Waals surface area contributed by atoms with Crippen LogP contribution in [0.25, 0.3) is 0 Å². The Labute approximate surface area is 93.2 Å². The fraction of sp³-hybridized carbons (Fsp3) is 0.417. The van der Waals surface area contributed by atoms with Crippen molar-refractivity contribution in [2.75, 3.05) is 0 Å². The molecule has 0 aromatic heterocycles. The molecule has 3 unspecified atom stereocenters. The number of benzene rings is 1. The zero-order chi connectivity index (χ0) is 11.0. The Morgan fingerprint density at radius 3 is 2.47 bits per heavy atom. The van der Waals surface area contributed by atoms with Gasteiger partial charge in [-0.2, -0.15) is 0 Å². The van der Waals surface area contributed by atoms with Gasteiger partial charge in [-0.05, 0) is 30.0 Å². The van der Waals surface area contributed by atoms with Crippen LogP contribution in [0, 0.1) is 17.7 Å². The van der Waals surface area contributed by atoms with E-state index in [1.54, 1.807) is 12.1 Å². The van der Waals surface area contributed by atoms with Crippen molar-refractivity contribution >= 4 is 17.4 Å². The number of carbonyl (C=O) groups excluding carboxylic acids is 1. The lowest BCUT2D eigenvalue weighted by atomic mass is 10.0. The number of ketones is 1. The number of alkyl halides is 1. The third-order valence-electron chi connectivity index (χ3n) is 2.89. The van der Waals surface area contributed by atoms with Crippen LogP contribution in [0.4, 0.5) is 4.39 Å². The summed E-state index contributed by atoms with van der Waals surface area (Å²) in [5, 5.41) is -0.624. The van der Waals surface area contributed by atoms with E-state index in [4.69, 9.17) is 11.6 Å². The molecule has 2 rings (SSSR count). The van der Waals surface area contributed by atoms with Gasteiger partial charge in [0.1, 0.15) is 11.2 Å². The predicted molar refractivity (Wildman–Crippen MR) is 57.3 cm³/mol. The molecular weight excluding hydrogens is 215 g/mol. The zero-order valence-electron chi connectivity index (χ0n) is 8.41. The fourth-order valence-corrected chi connectivity index (χ4v) is 2.01. The van der Waals surface area contributed by atoms with Gasteiger partial charge in [-0.1, -0.05) is 19.1 Å². The van der Waals surface area contributed by atoms with Gasteiger partial charge in [0.15, 0.2) is 5.78 Å². The summed E-state index contributed by atoms with van der Waals surface area (Å²) in [5.41, 5.74) is 0.683. The lowest BCUT2D eigenvalue weighted by Crippen LogP contribution is -2.09. The minimum absolute atomic E-state index is 0.0655. The molecule has 1 saturated carbocycles. The monoisotopic (exact) mass is 226 g/mol. The van der Waals surface area contributed by atoms with Crippen LogP contribution in [0.1, 0.15) is 24.3 Å². The van der Waals surface area contributed by atoms with Gasteiger partial charge in [0, 0.05) is 5.92 Å². The predicted octanol–water partition coefficient (Wildman–Crippen LogP) is 3.33. The molecule has 1 fully saturated rings. The first-order valence-electron chi connectivity index (χ1n) is 5.03. The lowest BCUT2D eigenvalue weighted by molar-refractivity contribution is -0.120. The Morgan fingerprint density at radius 1 is 1.47 bits per heavy atom. The smallest absolute Gasteiger partial charge is 0.158 e. The molecule has 0 N–H and O–H groups in total. The third kappa shape index (κ3) is 2.20. The highest BCUT2D eigenvalue weighted by atomic mass is 35.5. The third-order valence-corrected chi connectivity index (χ3v) is 3.35. The summed E-state index contributed by atoms with van der Waals surface area (Å²) in [6.07, 6.45) is 0.934. The summed E-state index contributed by atoms with van der Waals surface area (Å²) >= 11 is 6.04. The Balaban J connectivity index is 2.10. The highest BCUT2D eigenvalue weighted by molar-refractivity contribution is 6.31. The van der Waals surface area contributed by atoms with Gasteiger partial charge in [0.2, 0.25) is 0 Å². The van der Waals surface area contributed by atoms with Gasteiger partial charge in [-0.15, -0.1) is 11.6 Å². The Bertz CT molecular complexity index is 374. The topological polar surface area (TPSA) is 17.1 Å². The van der Waals surface area contributed by atoms with E-state index in [-0.39, 0.29) is 17.5 Å². The molecule has 0 bridgehead atoms. The van der Waals surface area contributed by atoms with E-state index < -0.39 is 5.38 Å². The van der Waals surface area contributed by atoms with E-state index in [0.717, 1.165) is 6.42 Å². The molecule has 1 nitrogen and oxygen atoms in total. The van der Waals surface area contributed by atoms with Crippen LogP contribution in [-0.4, -0.2) is 5.78 Å². The van der Waals surface area contributed by atoms with Gasteiger partial charge in [-0.25, -0.2) is 4.39 Å². The van der Waals surface area contributed by atoms with Crippen molar-refractivity contribution < 1.29 is 9.18 Å². The number of hydrogen-bond donors (Lipinski definition) is 0. The van der Waals surface area contributed by atoms with Crippen molar-refractivity contribution in [3.8, 4) is 0 Å². The SMILES string of the molecule is CC1CC1C(=O)C(Cl)c1ccc(F)cc1. The van der Waals surface area contributed by atoms with Gasteiger partial charge < -0.3 is 0 Å². The molecule has 0 amide bonds. The lowest BCUT2D eigenvalue weighted by Gasteiger charge is -2.07. The molecule has 80 valence electrons. The van der Waals surface area contributed by atoms with Gasteiger partial charge >= 0.3 is 0 Å². The highest BCUT2D eigenvalue weighted by Gasteiger charge is 2.41. The number of rotatable bonds is 3. The maximum Gasteiger partial charge on any atom is 0.158 e. The van der Waals surface area contributed by atoms with Gasteiger partial charge in [0.05, 0.1) is 0 Å². The highest BCUT2D eigenvalue weighted by Crippen LogP contribution is 2.43. The average molecular weight is 227 g/mol. The first-order valence-corrected chi connectivity index (χ1v) is 5.46. The summed E-state index contributed by atoms with van der Waals surface area (Å²) in [5.74, 6) is 0.322. The normalized spacial score (nSPS) is 26.1. The molecule has 0 radical (unpaired) electrons. The standard InChI is InChI=1S/C12H12ClFO/c1-7-6-10(7)12(15)11(13)8-2-4-9(14)5-3-8/h2-5,7,10-11H,6H2,1H3. The van der Waals surface area contributed by atoms with Crippen LogP contribution in [0.3, 0.4) is 0 Å². The molecule has 0 spiro atoms. The molecule has 0 heterocycles. The van der Waals surface area contributed by atoms with Crippen molar-refractivity contribution in [1.29, 1.82) is 0 Å². The number of hydrogen-bond acceptors (Lipinski definition) is 1. The van der Waals surface area contributed by atoms with Crippen LogP contribution < -0.4 is 0 Å². The van der Waals surface area contributed by atoms with Crippen LogP contribution in [0.15, 0.2) is 24.3 Å². The second-order valence-electron chi connectivity index (χ2n) is 4.14. The van der Waals surface area contributed by atoms with Crippen LogP contribution in [0.2, 0.25) is 0 Å². The van der Waals surface area contributed by atoms with Gasteiger partial charge in [0.25, 0.3) is 0 Å².